The van der Waals surface area contributed by atoms with Gasteiger partial charge in [-0.05, 0) is 37.3 Å². The molecule has 3 rings (SSSR count). The predicted molar refractivity (Wildman–Crippen MR) is 76.0 cm³/mol. The van der Waals surface area contributed by atoms with E-state index in [4.69, 9.17) is 0 Å². The third-order valence-corrected chi connectivity index (χ3v) is 4.02. The third-order valence-electron chi connectivity index (χ3n) is 4.02. The highest BCUT2D eigenvalue weighted by atomic mass is 16.3. The Balaban J connectivity index is 1.84. The van der Waals surface area contributed by atoms with Crippen LogP contribution in [0.1, 0.15) is 26.2 Å². The smallest absolute Gasteiger partial charge is 0.137 e. The molecule has 0 aliphatic heterocycles. The van der Waals surface area contributed by atoms with E-state index in [9.17, 15) is 5.11 Å². The first-order valence-electron chi connectivity index (χ1n) is 6.92. The average molecular weight is 257 g/mol. The summed E-state index contributed by atoms with van der Waals surface area (Å²) >= 11 is 0. The largest absolute Gasteiger partial charge is 0.393 e. The quantitative estimate of drug-likeness (QED) is 0.884. The zero-order valence-electron chi connectivity index (χ0n) is 11.1. The molecule has 4 nitrogen and oxygen atoms in total. The van der Waals surface area contributed by atoms with Crippen molar-refractivity contribution in [3.8, 4) is 0 Å². The van der Waals surface area contributed by atoms with Gasteiger partial charge in [-0.1, -0.05) is 19.1 Å². The van der Waals surface area contributed by atoms with Gasteiger partial charge in [0, 0.05) is 11.4 Å². The number of aliphatic hydroxyl groups is 1. The fourth-order valence-electron chi connectivity index (χ4n) is 2.81. The number of aromatic nitrogens is 2. The van der Waals surface area contributed by atoms with Gasteiger partial charge in [-0.25, -0.2) is 9.97 Å². The van der Waals surface area contributed by atoms with Crippen molar-refractivity contribution in [2.45, 2.75) is 38.3 Å². The van der Waals surface area contributed by atoms with Crippen molar-refractivity contribution in [2.24, 2.45) is 5.92 Å². The predicted octanol–water partition coefficient (Wildman–Crippen LogP) is 2.59. The molecule has 0 saturated heterocycles. The van der Waals surface area contributed by atoms with Gasteiger partial charge in [0.25, 0.3) is 0 Å². The Labute approximate surface area is 112 Å². The van der Waals surface area contributed by atoms with E-state index in [1.165, 1.54) is 0 Å². The molecule has 1 saturated carbocycles. The van der Waals surface area contributed by atoms with E-state index >= 15 is 0 Å². The minimum absolute atomic E-state index is 0.108. The van der Waals surface area contributed by atoms with Crippen LogP contribution in [0.5, 0.6) is 0 Å². The summed E-state index contributed by atoms with van der Waals surface area (Å²) < 4.78 is 0. The van der Waals surface area contributed by atoms with Gasteiger partial charge in [-0.15, -0.1) is 0 Å². The van der Waals surface area contributed by atoms with E-state index in [-0.39, 0.29) is 6.10 Å². The van der Waals surface area contributed by atoms with Gasteiger partial charge >= 0.3 is 0 Å². The maximum absolute atomic E-state index is 9.45. The molecule has 4 heteroatoms. The second-order valence-electron chi connectivity index (χ2n) is 5.28. The molecule has 1 aliphatic carbocycles. The van der Waals surface area contributed by atoms with Gasteiger partial charge in [0.2, 0.25) is 0 Å². The molecule has 1 unspecified atom stereocenters. The van der Waals surface area contributed by atoms with E-state index in [2.05, 4.69) is 22.2 Å². The van der Waals surface area contributed by atoms with Gasteiger partial charge in [-0.2, -0.15) is 0 Å². The van der Waals surface area contributed by atoms with Gasteiger partial charge in [0.15, 0.2) is 0 Å². The van der Waals surface area contributed by atoms with Crippen LogP contribution in [-0.4, -0.2) is 27.2 Å². The van der Waals surface area contributed by atoms with Crippen molar-refractivity contribution in [1.82, 2.24) is 9.97 Å². The van der Waals surface area contributed by atoms with Gasteiger partial charge in [0.05, 0.1) is 11.6 Å². The first-order valence-corrected chi connectivity index (χ1v) is 6.92. The number of anilines is 1. The number of nitrogens with one attached hydrogen (secondary N) is 1. The van der Waals surface area contributed by atoms with Crippen molar-refractivity contribution >= 4 is 16.7 Å². The van der Waals surface area contributed by atoms with Crippen LogP contribution in [-0.2, 0) is 0 Å². The fraction of sp³-hybridized carbons (Fsp3) is 0.467. The summed E-state index contributed by atoms with van der Waals surface area (Å²) in [5, 5.41) is 14.0. The van der Waals surface area contributed by atoms with Gasteiger partial charge < -0.3 is 10.4 Å². The second kappa shape index (κ2) is 5.13. The first kappa shape index (κ1) is 12.4. The molecule has 0 spiro atoms. The standard InChI is InChI=1S/C15H19N3O/c1-2-13(10-7-11(19)8-10)18-15-12-5-3-4-6-14(12)16-9-17-15/h3-6,9-11,13,19H,2,7-8H2,1H3,(H,16,17,18). The Hall–Kier alpha value is -1.68. The molecule has 1 fully saturated rings. The summed E-state index contributed by atoms with van der Waals surface area (Å²) in [5.74, 6) is 1.45. The van der Waals surface area contributed by atoms with E-state index in [0.29, 0.717) is 12.0 Å². The lowest BCUT2D eigenvalue weighted by Crippen LogP contribution is -2.40. The summed E-state index contributed by atoms with van der Waals surface area (Å²) in [5.41, 5.74) is 0.962. The highest BCUT2D eigenvalue weighted by molar-refractivity contribution is 5.88. The number of hydrogen-bond acceptors (Lipinski definition) is 4. The molecular formula is C15H19N3O. The van der Waals surface area contributed by atoms with Crippen LogP contribution in [0, 0.1) is 5.92 Å². The van der Waals surface area contributed by atoms with Crippen LogP contribution >= 0.6 is 0 Å². The molecule has 0 amide bonds. The summed E-state index contributed by atoms with van der Waals surface area (Å²) in [4.78, 5) is 8.64. The lowest BCUT2D eigenvalue weighted by Gasteiger charge is -2.38. The zero-order valence-corrected chi connectivity index (χ0v) is 11.1. The van der Waals surface area contributed by atoms with Crippen molar-refractivity contribution in [1.29, 1.82) is 0 Å². The summed E-state index contributed by atoms with van der Waals surface area (Å²) in [6.07, 6.45) is 4.33. The molecule has 2 N–H and O–H groups in total. The van der Waals surface area contributed by atoms with Crippen LogP contribution in [0.3, 0.4) is 0 Å². The lowest BCUT2D eigenvalue weighted by molar-refractivity contribution is 0.0337. The fourth-order valence-corrected chi connectivity index (χ4v) is 2.81. The van der Waals surface area contributed by atoms with Crippen molar-refractivity contribution in [3.05, 3.63) is 30.6 Å². The van der Waals surface area contributed by atoms with Crippen molar-refractivity contribution < 1.29 is 5.11 Å². The van der Waals surface area contributed by atoms with Gasteiger partial charge in [0.1, 0.15) is 12.1 Å². The topological polar surface area (TPSA) is 58.0 Å². The second-order valence-corrected chi connectivity index (χ2v) is 5.28. The van der Waals surface area contributed by atoms with E-state index in [1.807, 2.05) is 24.3 Å². The van der Waals surface area contributed by atoms with Gasteiger partial charge in [-0.3, -0.25) is 0 Å². The van der Waals surface area contributed by atoms with Crippen LogP contribution in [0.25, 0.3) is 10.9 Å². The number of aliphatic hydroxyl groups excluding tert-OH is 1. The normalized spacial score (nSPS) is 23.9. The molecule has 1 aromatic carbocycles. The Morgan fingerprint density at radius 1 is 1.32 bits per heavy atom. The van der Waals surface area contributed by atoms with Crippen LogP contribution in [0.2, 0.25) is 0 Å². The molecule has 100 valence electrons. The third kappa shape index (κ3) is 2.40. The Morgan fingerprint density at radius 2 is 2.11 bits per heavy atom. The van der Waals surface area contributed by atoms with Crippen molar-refractivity contribution in [3.63, 3.8) is 0 Å². The molecule has 0 radical (unpaired) electrons. The molecule has 1 aliphatic rings. The molecule has 1 heterocycles. The van der Waals surface area contributed by atoms with Crippen LogP contribution in [0.15, 0.2) is 30.6 Å². The van der Waals surface area contributed by atoms with E-state index < -0.39 is 0 Å². The zero-order chi connectivity index (χ0) is 13.2. The maximum atomic E-state index is 9.45. The highest BCUT2D eigenvalue weighted by Crippen LogP contribution is 2.33. The van der Waals surface area contributed by atoms with Crippen LogP contribution < -0.4 is 5.32 Å². The lowest BCUT2D eigenvalue weighted by atomic mass is 9.76. The summed E-state index contributed by atoms with van der Waals surface area (Å²) in [7, 11) is 0. The number of fused-ring (bicyclic) bond motifs is 1. The molecular weight excluding hydrogens is 238 g/mol. The van der Waals surface area contributed by atoms with E-state index in [0.717, 1.165) is 36.0 Å². The minimum Gasteiger partial charge on any atom is -0.393 e. The number of hydrogen-bond donors (Lipinski definition) is 2. The molecule has 19 heavy (non-hydrogen) atoms. The molecule has 0 bridgehead atoms. The Bertz CT molecular complexity index is 561. The number of nitrogens with zero attached hydrogens (tertiary/aromatic N) is 2. The highest BCUT2D eigenvalue weighted by Gasteiger charge is 2.33. The molecule has 1 aromatic heterocycles. The monoisotopic (exact) mass is 257 g/mol. The number of benzene rings is 1. The number of rotatable bonds is 4. The molecule has 1 atom stereocenters. The maximum Gasteiger partial charge on any atom is 0.137 e. The minimum atomic E-state index is -0.108. The average Bonchev–Trinajstić information content (AvgIpc) is 2.42. The van der Waals surface area contributed by atoms with Crippen molar-refractivity contribution in [2.75, 3.05) is 5.32 Å². The van der Waals surface area contributed by atoms with E-state index in [1.54, 1.807) is 6.33 Å². The van der Waals surface area contributed by atoms with Crippen LogP contribution in [0.4, 0.5) is 5.82 Å². The Morgan fingerprint density at radius 3 is 2.84 bits per heavy atom. The first-order chi connectivity index (χ1) is 9.28. The summed E-state index contributed by atoms with van der Waals surface area (Å²) in [6.45, 7) is 2.17. The summed E-state index contributed by atoms with van der Waals surface area (Å²) in [6, 6.07) is 8.40. The number of para-hydroxylation sites is 1. The molecule has 2 aromatic rings. The Kier molecular flexibility index (Phi) is 3.34. The SMILES string of the molecule is CCC(Nc1ncnc2ccccc12)C1CC(O)C1.